The molecule has 2 heterocycles. The highest BCUT2D eigenvalue weighted by Gasteiger charge is 2.21. The minimum Gasteiger partial charge on any atom is -0.361 e. The van der Waals surface area contributed by atoms with Crippen LogP contribution in [0, 0.1) is 20.8 Å². The van der Waals surface area contributed by atoms with Crippen LogP contribution in [0.2, 0.25) is 0 Å². The fourth-order valence-corrected chi connectivity index (χ4v) is 3.80. The van der Waals surface area contributed by atoms with Gasteiger partial charge in [0, 0.05) is 28.4 Å². The van der Waals surface area contributed by atoms with E-state index in [4.69, 9.17) is 4.52 Å². The first-order valence-corrected chi connectivity index (χ1v) is 8.29. The Labute approximate surface area is 131 Å². The first-order valence-electron chi connectivity index (χ1n) is 7.47. The second-order valence-corrected chi connectivity index (χ2v) is 7.07. The molecule has 0 radical (unpaired) electrons. The van der Waals surface area contributed by atoms with Gasteiger partial charge in [-0.05, 0) is 34.6 Å². The number of nitrogens with zero attached hydrogens (tertiary/aromatic N) is 2. The topological polar surface area (TPSA) is 51.0 Å². The Balaban J connectivity index is 2.16. The first-order chi connectivity index (χ1) is 9.81. The van der Waals surface area contributed by atoms with Crippen molar-refractivity contribution in [2.45, 2.75) is 66.5 Å². The molecule has 1 N–H and O–H groups in total. The van der Waals surface area contributed by atoms with E-state index >= 15 is 0 Å². The lowest BCUT2D eigenvalue weighted by atomic mass is 10.1. The monoisotopic (exact) mass is 307 g/mol. The number of rotatable bonds is 5. The summed E-state index contributed by atoms with van der Waals surface area (Å²) in [7, 11) is 0. The van der Waals surface area contributed by atoms with Crippen LogP contribution in [-0.4, -0.2) is 10.1 Å². The highest BCUT2D eigenvalue weighted by atomic mass is 32.1. The van der Waals surface area contributed by atoms with E-state index in [-0.39, 0.29) is 12.1 Å². The molecule has 0 aliphatic carbocycles. The zero-order valence-electron chi connectivity index (χ0n) is 13.9. The summed E-state index contributed by atoms with van der Waals surface area (Å²) in [5.74, 6) is 1.37. The fourth-order valence-electron chi connectivity index (χ4n) is 2.72. The predicted molar refractivity (Wildman–Crippen MR) is 86.9 cm³/mol. The Morgan fingerprint density at radius 1 is 1.00 bits per heavy atom. The number of thiazole rings is 1. The molecular formula is C16H25N3OS. The first kappa shape index (κ1) is 16.2. The molecule has 5 heteroatoms. The lowest BCUT2D eigenvalue weighted by Gasteiger charge is -2.19. The molecule has 2 atom stereocenters. The van der Waals surface area contributed by atoms with Crippen molar-refractivity contribution in [1.82, 2.24) is 15.5 Å². The number of aromatic nitrogens is 2. The second kappa shape index (κ2) is 6.28. The highest BCUT2D eigenvalue weighted by molar-refractivity contribution is 7.11. The van der Waals surface area contributed by atoms with E-state index in [1.807, 2.05) is 25.2 Å². The maximum atomic E-state index is 5.26. The van der Waals surface area contributed by atoms with Gasteiger partial charge in [0.25, 0.3) is 0 Å². The predicted octanol–water partition coefficient (Wildman–Crippen LogP) is 4.59. The van der Waals surface area contributed by atoms with Crippen molar-refractivity contribution in [3.05, 3.63) is 32.6 Å². The van der Waals surface area contributed by atoms with Gasteiger partial charge in [0.2, 0.25) is 0 Å². The second-order valence-electron chi connectivity index (χ2n) is 6.00. The summed E-state index contributed by atoms with van der Waals surface area (Å²) in [6, 6.07) is 0.467. The molecule has 0 spiro atoms. The standard InChI is InChI=1S/C16H25N3OS/c1-8(2)16-18-12(6)15(21-16)11(5)17-9(3)14-10(4)19-20-13(14)7/h8-9,11,17H,1-7H3/t9-,11+/m0/s1. The molecule has 2 aromatic rings. The Kier molecular flexibility index (Phi) is 4.84. The molecule has 0 unspecified atom stereocenters. The molecule has 2 rings (SSSR count). The van der Waals surface area contributed by atoms with Gasteiger partial charge in [0.1, 0.15) is 5.76 Å². The third kappa shape index (κ3) is 3.35. The molecule has 0 bridgehead atoms. The van der Waals surface area contributed by atoms with Gasteiger partial charge in [-0.15, -0.1) is 11.3 Å². The Bertz CT molecular complexity index is 596. The lowest BCUT2D eigenvalue weighted by Crippen LogP contribution is -2.23. The molecule has 0 amide bonds. The van der Waals surface area contributed by atoms with Crippen molar-refractivity contribution in [1.29, 1.82) is 0 Å². The minimum absolute atomic E-state index is 0.204. The Morgan fingerprint density at radius 2 is 1.67 bits per heavy atom. The highest BCUT2D eigenvalue weighted by Crippen LogP contribution is 2.31. The van der Waals surface area contributed by atoms with Crippen LogP contribution in [0.3, 0.4) is 0 Å². The summed E-state index contributed by atoms with van der Waals surface area (Å²) < 4.78 is 5.26. The summed E-state index contributed by atoms with van der Waals surface area (Å²) in [6.45, 7) is 14.8. The molecule has 21 heavy (non-hydrogen) atoms. The summed E-state index contributed by atoms with van der Waals surface area (Å²) in [5, 5.41) is 8.89. The molecule has 116 valence electrons. The van der Waals surface area contributed by atoms with Crippen molar-refractivity contribution in [3.8, 4) is 0 Å². The summed E-state index contributed by atoms with van der Waals surface area (Å²) in [6.07, 6.45) is 0. The average molecular weight is 307 g/mol. The molecule has 0 aliphatic rings. The molecule has 4 nitrogen and oxygen atoms in total. The SMILES string of the molecule is Cc1nc(C(C)C)sc1[C@@H](C)N[C@@H](C)c1c(C)noc1C. The van der Waals surface area contributed by atoms with Gasteiger partial charge in [0.15, 0.2) is 0 Å². The number of aryl methyl sites for hydroxylation is 3. The van der Waals surface area contributed by atoms with E-state index in [0.29, 0.717) is 5.92 Å². The van der Waals surface area contributed by atoms with Crippen LogP contribution < -0.4 is 5.32 Å². The van der Waals surface area contributed by atoms with Crippen LogP contribution in [0.1, 0.15) is 78.3 Å². The molecule has 2 aromatic heterocycles. The van der Waals surface area contributed by atoms with Crippen LogP contribution >= 0.6 is 11.3 Å². The zero-order chi connectivity index (χ0) is 15.7. The van der Waals surface area contributed by atoms with E-state index in [0.717, 1.165) is 22.7 Å². The third-order valence-corrected chi connectivity index (χ3v) is 5.40. The average Bonchev–Trinajstić information content (AvgIpc) is 2.93. The van der Waals surface area contributed by atoms with Gasteiger partial charge in [-0.2, -0.15) is 0 Å². The van der Waals surface area contributed by atoms with Crippen molar-refractivity contribution in [2.75, 3.05) is 0 Å². The van der Waals surface area contributed by atoms with Crippen molar-refractivity contribution in [3.63, 3.8) is 0 Å². The van der Waals surface area contributed by atoms with Crippen molar-refractivity contribution >= 4 is 11.3 Å². The van der Waals surface area contributed by atoms with E-state index in [2.05, 4.69) is 50.1 Å². The lowest BCUT2D eigenvalue weighted by molar-refractivity contribution is 0.389. The van der Waals surface area contributed by atoms with Gasteiger partial charge >= 0.3 is 0 Å². The van der Waals surface area contributed by atoms with E-state index in [1.54, 1.807) is 0 Å². The van der Waals surface area contributed by atoms with E-state index in [9.17, 15) is 0 Å². The van der Waals surface area contributed by atoms with Gasteiger partial charge in [-0.1, -0.05) is 19.0 Å². The molecule has 0 saturated heterocycles. The quantitative estimate of drug-likeness (QED) is 0.877. The summed E-state index contributed by atoms with van der Waals surface area (Å²) >= 11 is 1.81. The Morgan fingerprint density at radius 3 is 2.14 bits per heavy atom. The molecule has 0 saturated carbocycles. The van der Waals surface area contributed by atoms with Gasteiger partial charge < -0.3 is 9.84 Å². The third-order valence-electron chi connectivity index (χ3n) is 3.76. The smallest absolute Gasteiger partial charge is 0.138 e. The van der Waals surface area contributed by atoms with Gasteiger partial charge in [-0.3, -0.25) is 0 Å². The van der Waals surface area contributed by atoms with Crippen LogP contribution in [0.15, 0.2) is 4.52 Å². The van der Waals surface area contributed by atoms with Crippen molar-refractivity contribution in [2.24, 2.45) is 0 Å². The van der Waals surface area contributed by atoms with Gasteiger partial charge in [0.05, 0.1) is 16.4 Å². The molecule has 0 aromatic carbocycles. The van der Waals surface area contributed by atoms with Crippen LogP contribution in [-0.2, 0) is 0 Å². The zero-order valence-corrected chi connectivity index (χ0v) is 14.8. The largest absolute Gasteiger partial charge is 0.361 e. The van der Waals surface area contributed by atoms with Crippen LogP contribution in [0.25, 0.3) is 0 Å². The number of hydrogen-bond acceptors (Lipinski definition) is 5. The van der Waals surface area contributed by atoms with Crippen LogP contribution in [0.5, 0.6) is 0 Å². The number of nitrogens with one attached hydrogen (secondary N) is 1. The minimum atomic E-state index is 0.204. The maximum Gasteiger partial charge on any atom is 0.138 e. The van der Waals surface area contributed by atoms with Crippen LogP contribution in [0.4, 0.5) is 0 Å². The fraction of sp³-hybridized carbons (Fsp3) is 0.625. The Hall–Kier alpha value is -1.20. The van der Waals surface area contributed by atoms with E-state index < -0.39 is 0 Å². The number of hydrogen-bond donors (Lipinski definition) is 1. The normalized spacial score (nSPS) is 14.7. The molecule has 0 fully saturated rings. The molecular weight excluding hydrogens is 282 g/mol. The van der Waals surface area contributed by atoms with Gasteiger partial charge in [-0.25, -0.2) is 4.98 Å². The summed E-state index contributed by atoms with van der Waals surface area (Å²) in [5.41, 5.74) is 3.26. The van der Waals surface area contributed by atoms with Crippen molar-refractivity contribution < 1.29 is 4.52 Å². The molecule has 0 aliphatic heterocycles. The van der Waals surface area contributed by atoms with E-state index in [1.165, 1.54) is 9.88 Å². The summed E-state index contributed by atoms with van der Waals surface area (Å²) in [4.78, 5) is 6.00. The maximum absolute atomic E-state index is 5.26.